The van der Waals surface area contributed by atoms with E-state index in [1.807, 2.05) is 60.7 Å². The van der Waals surface area contributed by atoms with Crippen LogP contribution < -0.4 is 5.73 Å². The number of rotatable bonds is 9. The van der Waals surface area contributed by atoms with Gasteiger partial charge in [-0.05, 0) is 17.5 Å². The summed E-state index contributed by atoms with van der Waals surface area (Å²) in [6.45, 7) is 0.174. The zero-order valence-corrected chi connectivity index (χ0v) is 14.7. The number of carboxylic acid groups (broad SMARTS) is 1. The summed E-state index contributed by atoms with van der Waals surface area (Å²) in [6, 6.07) is 16.9. The van der Waals surface area contributed by atoms with Crippen LogP contribution in [0.1, 0.15) is 11.1 Å². The molecule has 2 aromatic rings. The van der Waals surface area contributed by atoms with Gasteiger partial charge in [0.05, 0.1) is 19.3 Å². The fraction of sp³-hybridized carbons (Fsp3) is 0.300. The molecule has 0 aliphatic rings. The number of carboxylic acids is 1. The van der Waals surface area contributed by atoms with Gasteiger partial charge in [-0.2, -0.15) is 0 Å². The van der Waals surface area contributed by atoms with Crippen LogP contribution in [0, 0.1) is 0 Å². The molecule has 0 spiro atoms. The second-order valence-corrected chi connectivity index (χ2v) is 6.10. The number of carbonyl (C=O) groups excluding carboxylic acids is 1. The zero-order valence-electron chi connectivity index (χ0n) is 14.7. The topological polar surface area (TPSA) is 92.9 Å². The Hall–Kier alpha value is -2.70. The van der Waals surface area contributed by atoms with Gasteiger partial charge in [-0.3, -0.25) is 4.79 Å². The minimum absolute atomic E-state index is 0.107. The predicted octanol–water partition coefficient (Wildman–Crippen LogP) is 1.68. The Labute approximate surface area is 153 Å². The maximum Gasteiger partial charge on any atom is 0.328 e. The van der Waals surface area contributed by atoms with Crippen LogP contribution in [0.3, 0.4) is 0 Å². The number of nitrogens with two attached hydrogens (primary N) is 1. The van der Waals surface area contributed by atoms with E-state index >= 15 is 0 Å². The lowest BCUT2D eigenvalue weighted by atomic mass is 10.1. The van der Waals surface area contributed by atoms with Gasteiger partial charge in [-0.15, -0.1) is 0 Å². The van der Waals surface area contributed by atoms with Crippen LogP contribution in [0.15, 0.2) is 60.7 Å². The molecule has 0 aliphatic heterocycles. The summed E-state index contributed by atoms with van der Waals surface area (Å²) in [6.07, 6.45) is 0.348. The van der Waals surface area contributed by atoms with E-state index in [1.165, 1.54) is 7.05 Å². The fourth-order valence-corrected chi connectivity index (χ4v) is 2.58. The molecule has 2 atom stereocenters. The normalized spacial score (nSPS) is 13.0. The Kier molecular flexibility index (Phi) is 7.32. The highest BCUT2D eigenvalue weighted by Crippen LogP contribution is 2.08. The van der Waals surface area contributed by atoms with Crippen LogP contribution in [0.4, 0.5) is 0 Å². The molecule has 2 rings (SSSR count). The Bertz CT molecular complexity index is 706. The molecular formula is C20H24N2O4. The van der Waals surface area contributed by atoms with Crippen LogP contribution in [-0.4, -0.2) is 47.6 Å². The molecule has 0 aromatic heterocycles. The highest BCUT2D eigenvalue weighted by Gasteiger charge is 2.29. The van der Waals surface area contributed by atoms with Gasteiger partial charge in [0, 0.05) is 7.05 Å². The van der Waals surface area contributed by atoms with Gasteiger partial charge >= 0.3 is 5.97 Å². The molecule has 6 nitrogen and oxygen atoms in total. The summed E-state index contributed by atoms with van der Waals surface area (Å²) in [5.74, 6) is -1.55. The first-order valence-corrected chi connectivity index (χ1v) is 8.39. The van der Waals surface area contributed by atoms with Crippen molar-refractivity contribution in [2.75, 3.05) is 13.7 Å². The number of carbonyl (C=O) groups is 2. The summed E-state index contributed by atoms with van der Waals surface area (Å²) < 4.78 is 5.50. The molecular weight excluding hydrogens is 332 g/mol. The standard InChI is InChI=1S/C20H24N2O4/c1-22(19(23)17(21)12-15-8-4-2-5-9-15)18(20(24)25)14-26-13-16-10-6-3-7-11-16/h2-11,17-18H,12-14,21H2,1H3,(H,24,25)/t17-,18+/m1/s1. The molecule has 0 aliphatic carbocycles. The molecule has 3 N–H and O–H groups in total. The molecule has 0 heterocycles. The minimum atomic E-state index is -1.12. The molecule has 0 fully saturated rings. The van der Waals surface area contributed by atoms with Crippen molar-refractivity contribution in [1.82, 2.24) is 4.90 Å². The first kappa shape index (κ1) is 19.6. The first-order chi connectivity index (χ1) is 12.5. The van der Waals surface area contributed by atoms with Gasteiger partial charge in [-0.25, -0.2) is 4.79 Å². The van der Waals surface area contributed by atoms with Gasteiger partial charge in [-0.1, -0.05) is 60.7 Å². The SMILES string of the molecule is CN(C(=O)[C@H](N)Cc1ccccc1)[C@@H](COCc1ccccc1)C(=O)O. The minimum Gasteiger partial charge on any atom is -0.480 e. The molecule has 0 radical (unpaired) electrons. The third-order valence-corrected chi connectivity index (χ3v) is 4.10. The average Bonchev–Trinajstić information content (AvgIpc) is 2.65. The van der Waals surface area contributed by atoms with Crippen LogP contribution in [-0.2, 0) is 27.4 Å². The van der Waals surface area contributed by atoms with E-state index < -0.39 is 24.0 Å². The van der Waals surface area contributed by atoms with Crippen LogP contribution >= 0.6 is 0 Å². The Morgan fingerprint density at radius 1 is 1.04 bits per heavy atom. The molecule has 26 heavy (non-hydrogen) atoms. The lowest BCUT2D eigenvalue weighted by Gasteiger charge is -2.27. The quantitative estimate of drug-likeness (QED) is 0.713. The van der Waals surface area contributed by atoms with E-state index in [1.54, 1.807) is 0 Å². The van der Waals surface area contributed by atoms with Gasteiger partial charge < -0.3 is 20.5 Å². The van der Waals surface area contributed by atoms with Crippen molar-refractivity contribution >= 4 is 11.9 Å². The number of amides is 1. The maximum absolute atomic E-state index is 12.5. The van der Waals surface area contributed by atoms with E-state index in [4.69, 9.17) is 10.5 Å². The second-order valence-electron chi connectivity index (χ2n) is 6.10. The van der Waals surface area contributed by atoms with Crippen molar-refractivity contribution in [1.29, 1.82) is 0 Å². The molecule has 138 valence electrons. The highest BCUT2D eigenvalue weighted by atomic mass is 16.5. The number of ether oxygens (including phenoxy) is 1. The molecule has 6 heteroatoms. The van der Waals surface area contributed by atoms with Gasteiger partial charge in [0.15, 0.2) is 6.04 Å². The van der Waals surface area contributed by atoms with Crippen molar-refractivity contribution in [2.45, 2.75) is 25.1 Å². The monoisotopic (exact) mass is 356 g/mol. The predicted molar refractivity (Wildman–Crippen MR) is 98.4 cm³/mol. The molecule has 0 saturated carbocycles. The number of aliphatic carboxylic acids is 1. The molecule has 0 bridgehead atoms. The van der Waals surface area contributed by atoms with Crippen molar-refractivity contribution in [3.05, 3.63) is 71.8 Å². The first-order valence-electron chi connectivity index (χ1n) is 8.39. The van der Waals surface area contributed by atoms with E-state index in [-0.39, 0.29) is 13.2 Å². The molecule has 0 saturated heterocycles. The Balaban J connectivity index is 1.92. The Morgan fingerprint density at radius 2 is 1.58 bits per heavy atom. The van der Waals surface area contributed by atoms with E-state index in [0.29, 0.717) is 6.42 Å². The zero-order chi connectivity index (χ0) is 18.9. The lowest BCUT2D eigenvalue weighted by molar-refractivity contribution is -0.152. The van der Waals surface area contributed by atoms with Crippen molar-refractivity contribution < 1.29 is 19.4 Å². The third-order valence-electron chi connectivity index (χ3n) is 4.10. The summed E-state index contributed by atoms with van der Waals surface area (Å²) in [5.41, 5.74) is 7.84. The average molecular weight is 356 g/mol. The fourth-order valence-electron chi connectivity index (χ4n) is 2.58. The number of likely N-dealkylation sites (N-methyl/N-ethyl adjacent to an activating group) is 1. The van der Waals surface area contributed by atoms with Gasteiger partial charge in [0.2, 0.25) is 5.91 Å². The van der Waals surface area contributed by atoms with Crippen molar-refractivity contribution in [2.24, 2.45) is 5.73 Å². The van der Waals surface area contributed by atoms with Crippen LogP contribution in [0.2, 0.25) is 0 Å². The second kappa shape index (κ2) is 9.70. The smallest absolute Gasteiger partial charge is 0.328 e. The maximum atomic E-state index is 12.5. The van der Waals surface area contributed by atoms with E-state index in [9.17, 15) is 14.7 Å². The van der Waals surface area contributed by atoms with E-state index in [2.05, 4.69) is 0 Å². The third kappa shape index (κ3) is 5.68. The largest absolute Gasteiger partial charge is 0.480 e. The highest BCUT2D eigenvalue weighted by molar-refractivity contribution is 5.87. The number of benzene rings is 2. The summed E-state index contributed by atoms with van der Waals surface area (Å²) in [4.78, 5) is 25.2. The summed E-state index contributed by atoms with van der Waals surface area (Å²) in [5, 5.41) is 9.45. The van der Waals surface area contributed by atoms with Crippen LogP contribution in [0.5, 0.6) is 0 Å². The number of hydrogen-bond acceptors (Lipinski definition) is 4. The molecule has 2 aromatic carbocycles. The summed E-state index contributed by atoms with van der Waals surface area (Å²) >= 11 is 0. The molecule has 1 amide bonds. The van der Waals surface area contributed by atoms with Crippen molar-refractivity contribution in [3.63, 3.8) is 0 Å². The van der Waals surface area contributed by atoms with Gasteiger partial charge in [0.1, 0.15) is 0 Å². The lowest BCUT2D eigenvalue weighted by Crippen LogP contribution is -2.51. The van der Waals surface area contributed by atoms with Crippen LogP contribution in [0.25, 0.3) is 0 Å². The molecule has 0 unspecified atom stereocenters. The number of nitrogens with zero attached hydrogens (tertiary/aromatic N) is 1. The van der Waals surface area contributed by atoms with E-state index in [0.717, 1.165) is 16.0 Å². The Morgan fingerprint density at radius 3 is 2.12 bits per heavy atom. The summed E-state index contributed by atoms with van der Waals surface area (Å²) in [7, 11) is 1.44. The number of hydrogen-bond donors (Lipinski definition) is 2. The van der Waals surface area contributed by atoms with Gasteiger partial charge in [0.25, 0.3) is 0 Å². The van der Waals surface area contributed by atoms with Crippen molar-refractivity contribution in [3.8, 4) is 0 Å².